The summed E-state index contributed by atoms with van der Waals surface area (Å²) in [7, 11) is 0. The Labute approximate surface area is 120 Å². The zero-order valence-electron chi connectivity index (χ0n) is 12.3. The van der Waals surface area contributed by atoms with Crippen molar-refractivity contribution in [3.63, 3.8) is 0 Å². The average Bonchev–Trinajstić information content (AvgIpc) is 2.46. The van der Waals surface area contributed by atoms with Crippen molar-refractivity contribution in [3.05, 3.63) is 29.8 Å². The maximum absolute atomic E-state index is 11.6. The lowest BCUT2D eigenvalue weighted by atomic mass is 10.1. The third-order valence-corrected chi connectivity index (χ3v) is 3.55. The van der Waals surface area contributed by atoms with Crippen LogP contribution in [0.2, 0.25) is 0 Å². The average molecular weight is 277 g/mol. The van der Waals surface area contributed by atoms with Crippen LogP contribution >= 0.6 is 0 Å². The Morgan fingerprint density at radius 3 is 2.75 bits per heavy atom. The smallest absolute Gasteiger partial charge is 0.163 e. The number of Topliss-reactive ketones (excluding diaryl/α,β-unsaturated/α-hetero) is 1. The van der Waals surface area contributed by atoms with Crippen molar-refractivity contribution in [2.24, 2.45) is 0 Å². The van der Waals surface area contributed by atoms with Crippen molar-refractivity contribution >= 4 is 5.78 Å². The van der Waals surface area contributed by atoms with E-state index in [4.69, 9.17) is 9.47 Å². The van der Waals surface area contributed by atoms with Crippen LogP contribution in [0.4, 0.5) is 0 Å². The third kappa shape index (κ3) is 4.32. The van der Waals surface area contributed by atoms with Crippen LogP contribution in [0.3, 0.4) is 0 Å². The van der Waals surface area contributed by atoms with E-state index in [1.54, 1.807) is 6.92 Å². The van der Waals surface area contributed by atoms with Crippen molar-refractivity contribution < 1.29 is 14.3 Å². The molecule has 0 radical (unpaired) electrons. The summed E-state index contributed by atoms with van der Waals surface area (Å²) in [5.41, 5.74) is 0.658. The van der Waals surface area contributed by atoms with Gasteiger partial charge in [-0.15, -0.1) is 0 Å². The first-order chi connectivity index (χ1) is 9.66. The summed E-state index contributed by atoms with van der Waals surface area (Å²) < 4.78 is 11.3. The van der Waals surface area contributed by atoms with Gasteiger partial charge in [-0.25, -0.2) is 0 Å². The number of morpholine rings is 1. The Kier molecular flexibility index (Phi) is 5.56. The second kappa shape index (κ2) is 7.41. The summed E-state index contributed by atoms with van der Waals surface area (Å²) in [5, 5.41) is 0. The number of hydrogen-bond acceptors (Lipinski definition) is 4. The monoisotopic (exact) mass is 277 g/mol. The van der Waals surface area contributed by atoms with Gasteiger partial charge in [-0.1, -0.05) is 12.1 Å². The lowest BCUT2D eigenvalue weighted by Crippen LogP contribution is -2.38. The molecule has 0 aromatic heterocycles. The standard InChI is InChI=1S/C16H23NO3/c1-13(7-8-17-9-11-19-12-10-17)20-16-6-4-3-5-15(16)14(2)18/h3-6,13H,7-12H2,1-2H3. The normalized spacial score (nSPS) is 17.7. The zero-order chi connectivity index (χ0) is 14.4. The van der Waals surface area contributed by atoms with Gasteiger partial charge in [0.2, 0.25) is 0 Å². The van der Waals surface area contributed by atoms with Crippen LogP contribution in [-0.4, -0.2) is 49.6 Å². The van der Waals surface area contributed by atoms with E-state index in [0.29, 0.717) is 11.3 Å². The molecule has 0 aliphatic carbocycles. The summed E-state index contributed by atoms with van der Waals surface area (Å²) >= 11 is 0. The number of carbonyl (C=O) groups is 1. The minimum atomic E-state index is 0.0426. The molecule has 20 heavy (non-hydrogen) atoms. The zero-order valence-corrected chi connectivity index (χ0v) is 12.3. The van der Waals surface area contributed by atoms with Crippen LogP contribution in [-0.2, 0) is 4.74 Å². The number of carbonyl (C=O) groups excluding carboxylic acids is 1. The molecule has 1 fully saturated rings. The van der Waals surface area contributed by atoms with Crippen LogP contribution in [0.5, 0.6) is 5.75 Å². The molecule has 110 valence electrons. The second-order valence-electron chi connectivity index (χ2n) is 5.22. The Hall–Kier alpha value is -1.39. The predicted octanol–water partition coefficient (Wildman–Crippen LogP) is 2.38. The van der Waals surface area contributed by atoms with Gasteiger partial charge < -0.3 is 9.47 Å². The Balaban J connectivity index is 1.84. The quantitative estimate of drug-likeness (QED) is 0.748. The van der Waals surface area contributed by atoms with Crippen molar-refractivity contribution in [2.75, 3.05) is 32.8 Å². The fourth-order valence-electron chi connectivity index (χ4n) is 2.33. The summed E-state index contributed by atoms with van der Waals surface area (Å²) in [6.45, 7) is 8.27. The molecule has 1 atom stereocenters. The fourth-order valence-corrected chi connectivity index (χ4v) is 2.33. The van der Waals surface area contributed by atoms with Gasteiger partial charge in [0.1, 0.15) is 5.75 Å². The Morgan fingerprint density at radius 2 is 2.05 bits per heavy atom. The molecule has 0 saturated carbocycles. The van der Waals surface area contributed by atoms with Gasteiger partial charge in [-0.3, -0.25) is 9.69 Å². The van der Waals surface area contributed by atoms with Crippen molar-refractivity contribution in [3.8, 4) is 5.75 Å². The first kappa shape index (κ1) is 15.0. The number of para-hydroxylation sites is 1. The molecule has 0 spiro atoms. The molecule has 1 unspecified atom stereocenters. The predicted molar refractivity (Wildman–Crippen MR) is 78.4 cm³/mol. The van der Waals surface area contributed by atoms with Gasteiger partial charge in [-0.2, -0.15) is 0 Å². The summed E-state index contributed by atoms with van der Waals surface area (Å²) in [5.74, 6) is 0.732. The highest BCUT2D eigenvalue weighted by atomic mass is 16.5. The van der Waals surface area contributed by atoms with Gasteiger partial charge in [0, 0.05) is 19.6 Å². The van der Waals surface area contributed by atoms with Crippen LogP contribution in [0.1, 0.15) is 30.6 Å². The lowest BCUT2D eigenvalue weighted by molar-refractivity contribution is 0.0326. The highest BCUT2D eigenvalue weighted by Crippen LogP contribution is 2.20. The molecule has 4 nitrogen and oxygen atoms in total. The first-order valence-electron chi connectivity index (χ1n) is 7.23. The van der Waals surface area contributed by atoms with Gasteiger partial charge >= 0.3 is 0 Å². The van der Waals surface area contributed by atoms with Crippen LogP contribution < -0.4 is 4.74 Å². The summed E-state index contributed by atoms with van der Waals surface area (Å²) in [6.07, 6.45) is 1.05. The minimum Gasteiger partial charge on any atom is -0.490 e. The first-order valence-corrected chi connectivity index (χ1v) is 7.23. The molecule has 1 saturated heterocycles. The van der Waals surface area contributed by atoms with Gasteiger partial charge in [0.25, 0.3) is 0 Å². The van der Waals surface area contributed by atoms with Crippen molar-refractivity contribution in [1.29, 1.82) is 0 Å². The molecule has 1 aromatic rings. The van der Waals surface area contributed by atoms with E-state index in [2.05, 4.69) is 11.8 Å². The van der Waals surface area contributed by atoms with Crippen LogP contribution in [0, 0.1) is 0 Å². The number of benzene rings is 1. The van der Waals surface area contributed by atoms with E-state index in [1.165, 1.54) is 0 Å². The Morgan fingerprint density at radius 1 is 1.35 bits per heavy atom. The fraction of sp³-hybridized carbons (Fsp3) is 0.562. The maximum atomic E-state index is 11.6. The third-order valence-electron chi connectivity index (χ3n) is 3.55. The molecule has 2 rings (SSSR count). The molecule has 0 bridgehead atoms. The summed E-state index contributed by atoms with van der Waals surface area (Å²) in [4.78, 5) is 13.9. The highest BCUT2D eigenvalue weighted by Gasteiger charge is 2.14. The second-order valence-corrected chi connectivity index (χ2v) is 5.22. The molecule has 1 aliphatic rings. The number of nitrogens with zero attached hydrogens (tertiary/aromatic N) is 1. The van der Waals surface area contributed by atoms with Gasteiger partial charge in [-0.05, 0) is 32.4 Å². The lowest BCUT2D eigenvalue weighted by Gasteiger charge is -2.27. The molecule has 4 heteroatoms. The van der Waals surface area contributed by atoms with E-state index >= 15 is 0 Å². The van der Waals surface area contributed by atoms with Crippen molar-refractivity contribution in [1.82, 2.24) is 4.90 Å². The maximum Gasteiger partial charge on any atom is 0.163 e. The van der Waals surface area contributed by atoms with E-state index in [0.717, 1.165) is 39.3 Å². The largest absolute Gasteiger partial charge is 0.490 e. The van der Waals surface area contributed by atoms with E-state index in [-0.39, 0.29) is 11.9 Å². The van der Waals surface area contributed by atoms with Gasteiger partial charge in [0.15, 0.2) is 5.78 Å². The van der Waals surface area contributed by atoms with E-state index in [9.17, 15) is 4.79 Å². The van der Waals surface area contributed by atoms with E-state index in [1.807, 2.05) is 24.3 Å². The SMILES string of the molecule is CC(=O)c1ccccc1OC(C)CCN1CCOCC1. The number of hydrogen-bond donors (Lipinski definition) is 0. The molecular formula is C16H23NO3. The van der Waals surface area contributed by atoms with Crippen LogP contribution in [0.25, 0.3) is 0 Å². The minimum absolute atomic E-state index is 0.0426. The Bertz CT molecular complexity index is 441. The van der Waals surface area contributed by atoms with Crippen molar-refractivity contribution in [2.45, 2.75) is 26.4 Å². The van der Waals surface area contributed by atoms with Crippen LogP contribution in [0.15, 0.2) is 24.3 Å². The molecule has 1 heterocycles. The molecule has 1 aromatic carbocycles. The van der Waals surface area contributed by atoms with E-state index < -0.39 is 0 Å². The number of rotatable bonds is 6. The summed E-state index contributed by atoms with van der Waals surface area (Å²) in [6, 6.07) is 7.44. The highest BCUT2D eigenvalue weighted by molar-refractivity contribution is 5.96. The number of ketones is 1. The number of ether oxygens (including phenoxy) is 2. The van der Waals surface area contributed by atoms with Gasteiger partial charge in [0.05, 0.1) is 24.9 Å². The molecule has 1 aliphatic heterocycles. The molecule has 0 amide bonds. The molecule has 0 N–H and O–H groups in total. The topological polar surface area (TPSA) is 38.8 Å². The molecular weight excluding hydrogens is 254 g/mol.